The van der Waals surface area contributed by atoms with E-state index in [-0.39, 0.29) is 16.9 Å². The number of ether oxygens (including phenoxy) is 1. The molecule has 1 atom stereocenters. The Labute approximate surface area is 98.7 Å². The molecule has 1 heterocycles. The van der Waals surface area contributed by atoms with Crippen LogP contribution >= 0.6 is 11.3 Å². The monoisotopic (exact) mass is 260 g/mol. The first-order valence-corrected chi connectivity index (χ1v) is 6.82. The van der Waals surface area contributed by atoms with Gasteiger partial charge in [0.25, 0.3) is 0 Å². The van der Waals surface area contributed by atoms with E-state index >= 15 is 0 Å². The summed E-state index contributed by atoms with van der Waals surface area (Å²) >= 11 is 0.947. The van der Waals surface area contributed by atoms with Crippen LogP contribution in [-0.2, 0) is 14.8 Å². The highest BCUT2D eigenvalue weighted by Gasteiger charge is 2.17. The second-order valence-electron chi connectivity index (χ2n) is 3.13. The van der Waals surface area contributed by atoms with Crippen molar-refractivity contribution >= 4 is 21.4 Å². The molecule has 7 heteroatoms. The number of hydrogen-bond acceptors (Lipinski definition) is 5. The summed E-state index contributed by atoms with van der Waals surface area (Å²) in [6.07, 6.45) is -0.190. The van der Waals surface area contributed by atoms with Gasteiger partial charge in [-0.1, -0.05) is 0 Å². The minimum absolute atomic E-state index is 0.146. The summed E-state index contributed by atoms with van der Waals surface area (Å²) in [5, 5.41) is 8.60. The van der Waals surface area contributed by atoms with Gasteiger partial charge < -0.3 is 4.74 Å². The molecule has 0 aromatic carbocycles. The number of rotatable bonds is 5. The van der Waals surface area contributed by atoms with Crippen LogP contribution in [0.15, 0.2) is 16.3 Å². The first-order chi connectivity index (χ1) is 7.49. The first kappa shape index (κ1) is 13.1. The lowest BCUT2D eigenvalue weighted by molar-refractivity contribution is 0.122. The van der Waals surface area contributed by atoms with Crippen molar-refractivity contribution in [2.45, 2.75) is 17.2 Å². The number of sulfonamides is 1. The van der Waals surface area contributed by atoms with Crippen molar-refractivity contribution in [1.29, 1.82) is 5.26 Å². The van der Waals surface area contributed by atoms with Gasteiger partial charge in [0.2, 0.25) is 10.0 Å². The van der Waals surface area contributed by atoms with Crippen molar-refractivity contribution in [2.24, 2.45) is 0 Å². The number of methoxy groups -OCH3 is 1. The predicted octanol–water partition coefficient (Wildman–Crippen LogP) is 0.933. The minimum atomic E-state index is -3.52. The van der Waals surface area contributed by atoms with Gasteiger partial charge in [0, 0.05) is 13.7 Å². The molecule has 1 aromatic heterocycles. The average Bonchev–Trinajstić information content (AvgIpc) is 2.75. The molecular formula is C9H12N2O3S2. The van der Waals surface area contributed by atoms with E-state index in [1.807, 2.05) is 6.07 Å². The van der Waals surface area contributed by atoms with Crippen LogP contribution in [0.2, 0.25) is 0 Å². The Hall–Kier alpha value is -0.940. The highest BCUT2D eigenvalue weighted by atomic mass is 32.2. The molecule has 0 saturated heterocycles. The molecule has 0 bridgehead atoms. The molecular weight excluding hydrogens is 248 g/mol. The Morgan fingerprint density at radius 1 is 1.62 bits per heavy atom. The third-order valence-electron chi connectivity index (χ3n) is 1.92. The fourth-order valence-corrected chi connectivity index (χ4v) is 3.17. The lowest BCUT2D eigenvalue weighted by Crippen LogP contribution is -2.31. The number of hydrogen-bond donors (Lipinski definition) is 1. The molecule has 0 amide bonds. The summed E-state index contributed by atoms with van der Waals surface area (Å²) in [4.78, 5) is 0.375. The Bertz CT molecular complexity index is 487. The fraction of sp³-hybridized carbons (Fsp3) is 0.444. The molecule has 0 aliphatic carbocycles. The molecule has 0 radical (unpaired) electrons. The number of nitrogens with zero attached hydrogens (tertiary/aromatic N) is 1. The average molecular weight is 260 g/mol. The predicted molar refractivity (Wildman–Crippen MR) is 60.7 cm³/mol. The summed E-state index contributed by atoms with van der Waals surface area (Å²) in [6.45, 7) is 1.97. The molecule has 0 fully saturated rings. The van der Waals surface area contributed by atoms with Crippen LogP contribution in [0.5, 0.6) is 0 Å². The zero-order chi connectivity index (χ0) is 12.2. The van der Waals surface area contributed by atoms with Gasteiger partial charge in [-0.2, -0.15) is 5.26 Å². The van der Waals surface area contributed by atoms with E-state index in [4.69, 9.17) is 10.00 Å². The van der Waals surface area contributed by atoms with Crippen LogP contribution in [0.1, 0.15) is 11.8 Å². The summed E-state index contributed by atoms with van der Waals surface area (Å²) in [6, 6.07) is 4.80. The molecule has 1 N–H and O–H groups in total. The van der Waals surface area contributed by atoms with Crippen LogP contribution in [0.25, 0.3) is 0 Å². The Morgan fingerprint density at radius 2 is 2.31 bits per heavy atom. The van der Waals surface area contributed by atoms with E-state index in [1.54, 1.807) is 6.92 Å². The smallest absolute Gasteiger partial charge is 0.250 e. The Kier molecular flexibility index (Phi) is 4.44. The molecule has 5 nitrogen and oxygen atoms in total. The normalized spacial score (nSPS) is 13.3. The number of nitriles is 1. The van der Waals surface area contributed by atoms with E-state index < -0.39 is 10.0 Å². The largest absolute Gasteiger partial charge is 0.380 e. The highest BCUT2D eigenvalue weighted by molar-refractivity contribution is 7.91. The molecule has 1 aromatic rings. The van der Waals surface area contributed by atoms with Crippen LogP contribution in [0.4, 0.5) is 0 Å². The van der Waals surface area contributed by atoms with E-state index in [0.29, 0.717) is 4.88 Å². The quantitative estimate of drug-likeness (QED) is 0.854. The second-order valence-corrected chi connectivity index (χ2v) is 6.21. The van der Waals surface area contributed by atoms with E-state index in [9.17, 15) is 8.42 Å². The SMILES string of the molecule is COC(C)CNS(=O)(=O)c1ccc(C#N)s1. The van der Waals surface area contributed by atoms with Gasteiger partial charge in [0.05, 0.1) is 6.10 Å². The third kappa shape index (κ3) is 3.28. The summed E-state index contributed by atoms with van der Waals surface area (Å²) < 4.78 is 30.9. The lowest BCUT2D eigenvalue weighted by Gasteiger charge is -2.09. The molecule has 1 rings (SSSR count). The summed E-state index contributed by atoms with van der Waals surface area (Å²) in [5.41, 5.74) is 0. The van der Waals surface area contributed by atoms with Gasteiger partial charge in [-0.25, -0.2) is 13.1 Å². The van der Waals surface area contributed by atoms with Crippen LogP contribution < -0.4 is 4.72 Å². The van der Waals surface area contributed by atoms with Gasteiger partial charge >= 0.3 is 0 Å². The van der Waals surface area contributed by atoms with Crippen LogP contribution in [0.3, 0.4) is 0 Å². The topological polar surface area (TPSA) is 79.2 Å². The highest BCUT2D eigenvalue weighted by Crippen LogP contribution is 2.20. The minimum Gasteiger partial charge on any atom is -0.380 e. The number of nitrogens with one attached hydrogen (secondary N) is 1. The third-order valence-corrected chi connectivity index (χ3v) is 4.82. The maximum Gasteiger partial charge on any atom is 0.250 e. The molecule has 1 unspecified atom stereocenters. The van der Waals surface area contributed by atoms with Crippen LogP contribution in [0, 0.1) is 11.3 Å². The van der Waals surface area contributed by atoms with Gasteiger partial charge in [-0.15, -0.1) is 11.3 Å². The van der Waals surface area contributed by atoms with Crippen LogP contribution in [-0.4, -0.2) is 28.2 Å². The summed E-state index contributed by atoms with van der Waals surface area (Å²) in [5.74, 6) is 0. The zero-order valence-corrected chi connectivity index (χ0v) is 10.6. The molecule has 0 saturated carbocycles. The van der Waals surface area contributed by atoms with E-state index in [0.717, 1.165) is 11.3 Å². The van der Waals surface area contributed by atoms with Gasteiger partial charge in [0.15, 0.2) is 0 Å². The van der Waals surface area contributed by atoms with E-state index in [1.165, 1.54) is 19.2 Å². The van der Waals surface area contributed by atoms with E-state index in [2.05, 4.69) is 4.72 Å². The lowest BCUT2D eigenvalue weighted by atomic mass is 10.4. The molecule has 16 heavy (non-hydrogen) atoms. The van der Waals surface area contributed by atoms with Gasteiger partial charge in [-0.05, 0) is 19.1 Å². The van der Waals surface area contributed by atoms with Crippen molar-refractivity contribution in [2.75, 3.05) is 13.7 Å². The maximum atomic E-state index is 11.7. The summed E-state index contributed by atoms with van der Waals surface area (Å²) in [7, 11) is -2.01. The van der Waals surface area contributed by atoms with Crippen molar-refractivity contribution in [3.8, 4) is 6.07 Å². The van der Waals surface area contributed by atoms with Gasteiger partial charge in [-0.3, -0.25) is 0 Å². The Balaban J connectivity index is 2.75. The number of thiophene rings is 1. The van der Waals surface area contributed by atoms with Crippen molar-refractivity contribution in [3.05, 3.63) is 17.0 Å². The first-order valence-electron chi connectivity index (χ1n) is 4.52. The maximum absolute atomic E-state index is 11.7. The standard InChI is InChI=1S/C9H12N2O3S2/c1-7(14-2)6-11-16(12,13)9-4-3-8(5-10)15-9/h3-4,7,11H,6H2,1-2H3. The molecule has 88 valence electrons. The van der Waals surface area contributed by atoms with Crippen molar-refractivity contribution in [3.63, 3.8) is 0 Å². The zero-order valence-electron chi connectivity index (χ0n) is 8.93. The fourth-order valence-electron chi connectivity index (χ4n) is 0.906. The second kappa shape index (κ2) is 5.41. The molecule has 0 aliphatic heterocycles. The van der Waals surface area contributed by atoms with Crippen molar-refractivity contribution in [1.82, 2.24) is 4.72 Å². The van der Waals surface area contributed by atoms with Gasteiger partial charge in [0.1, 0.15) is 15.2 Å². The Morgan fingerprint density at radius 3 is 2.81 bits per heavy atom. The molecule has 0 spiro atoms. The van der Waals surface area contributed by atoms with Crippen molar-refractivity contribution < 1.29 is 13.2 Å². The molecule has 0 aliphatic rings.